The van der Waals surface area contributed by atoms with Crippen molar-refractivity contribution in [2.45, 2.75) is 30.6 Å². The number of benzene rings is 3. The van der Waals surface area contributed by atoms with Gasteiger partial charge in [0.2, 0.25) is 0 Å². The average Bonchev–Trinajstić information content (AvgIpc) is 3.28. The molecule has 0 saturated heterocycles. The van der Waals surface area contributed by atoms with Gasteiger partial charge < -0.3 is 9.72 Å². The number of imidazole rings is 1. The molecule has 0 aliphatic rings. The van der Waals surface area contributed by atoms with Crippen molar-refractivity contribution < 1.29 is 17.9 Å². The van der Waals surface area contributed by atoms with Gasteiger partial charge in [-0.3, -0.25) is 0 Å². The lowest BCUT2D eigenvalue weighted by molar-refractivity contribution is -0.137. The molecule has 0 aliphatic heterocycles. The van der Waals surface area contributed by atoms with Crippen molar-refractivity contribution in [3.8, 4) is 28.3 Å². The van der Waals surface area contributed by atoms with Crippen molar-refractivity contribution in [1.29, 1.82) is 0 Å². The van der Waals surface area contributed by atoms with Crippen LogP contribution < -0.4 is 4.74 Å². The van der Waals surface area contributed by atoms with Crippen LogP contribution in [0.1, 0.15) is 24.8 Å². The van der Waals surface area contributed by atoms with Crippen LogP contribution in [-0.4, -0.2) is 22.3 Å². The molecule has 1 heterocycles. The Kier molecular flexibility index (Phi) is 7.95. The maximum Gasteiger partial charge on any atom is 0.416 e. The third-order valence-corrected chi connectivity index (χ3v) is 6.21. The predicted octanol–water partition coefficient (Wildman–Crippen LogP) is 8.10. The zero-order valence-electron chi connectivity index (χ0n) is 18.5. The number of nitrogens with zero attached hydrogens (tertiary/aromatic N) is 1. The Balaban J connectivity index is 1.27. The van der Waals surface area contributed by atoms with E-state index in [9.17, 15) is 13.2 Å². The van der Waals surface area contributed by atoms with E-state index in [1.165, 1.54) is 6.07 Å². The Labute approximate surface area is 201 Å². The largest absolute Gasteiger partial charge is 0.494 e. The first-order valence-corrected chi connectivity index (χ1v) is 12.1. The quantitative estimate of drug-likeness (QED) is 0.183. The first-order chi connectivity index (χ1) is 16.5. The summed E-state index contributed by atoms with van der Waals surface area (Å²) in [5.74, 6) is 1.14. The third-order valence-electron chi connectivity index (χ3n) is 5.25. The van der Waals surface area contributed by atoms with Gasteiger partial charge in [0.05, 0.1) is 23.6 Å². The van der Waals surface area contributed by atoms with Crippen LogP contribution in [0.5, 0.6) is 5.75 Å². The van der Waals surface area contributed by atoms with Crippen molar-refractivity contribution in [3.63, 3.8) is 0 Å². The predicted molar refractivity (Wildman–Crippen MR) is 131 cm³/mol. The van der Waals surface area contributed by atoms with Gasteiger partial charge in [0.15, 0.2) is 5.16 Å². The minimum Gasteiger partial charge on any atom is -0.494 e. The van der Waals surface area contributed by atoms with Gasteiger partial charge in [0, 0.05) is 16.9 Å². The van der Waals surface area contributed by atoms with E-state index in [-0.39, 0.29) is 5.75 Å². The van der Waals surface area contributed by atoms with Gasteiger partial charge in [-0.1, -0.05) is 78.5 Å². The zero-order chi connectivity index (χ0) is 23.8. The van der Waals surface area contributed by atoms with Gasteiger partial charge in [-0.05, 0) is 37.5 Å². The number of ether oxygens (including phenoxy) is 1. The monoisotopic (exact) mass is 482 g/mol. The van der Waals surface area contributed by atoms with Crippen molar-refractivity contribution >= 4 is 11.8 Å². The average molecular weight is 483 g/mol. The standard InChI is InChI=1S/C27H25F3N2OS/c28-27(29,30)22-15-10-16-23(19-22)33-17-8-3-9-18-34-26-31-24(20-11-4-1-5-12-20)25(32-26)21-13-6-2-7-14-21/h1-2,4-7,10-16,19H,3,8-9,17-18H2,(H,31,32). The number of aromatic amines is 1. The van der Waals surface area contributed by atoms with Crippen LogP contribution in [0.4, 0.5) is 13.2 Å². The summed E-state index contributed by atoms with van der Waals surface area (Å²) in [4.78, 5) is 8.32. The number of halogens is 3. The number of aromatic nitrogens is 2. The fraction of sp³-hybridized carbons (Fsp3) is 0.222. The zero-order valence-corrected chi connectivity index (χ0v) is 19.3. The Morgan fingerprint density at radius 1 is 0.794 bits per heavy atom. The topological polar surface area (TPSA) is 37.9 Å². The van der Waals surface area contributed by atoms with E-state index in [2.05, 4.69) is 29.2 Å². The van der Waals surface area contributed by atoms with Gasteiger partial charge in [0.25, 0.3) is 0 Å². The van der Waals surface area contributed by atoms with Gasteiger partial charge in [-0.15, -0.1) is 0 Å². The van der Waals surface area contributed by atoms with E-state index >= 15 is 0 Å². The van der Waals surface area contributed by atoms with E-state index in [0.717, 1.165) is 64.8 Å². The molecule has 3 nitrogen and oxygen atoms in total. The number of alkyl halides is 3. The molecule has 0 saturated carbocycles. The summed E-state index contributed by atoms with van der Waals surface area (Å²) in [6.07, 6.45) is -1.70. The molecule has 1 N–H and O–H groups in total. The highest BCUT2D eigenvalue weighted by Gasteiger charge is 2.30. The lowest BCUT2D eigenvalue weighted by Gasteiger charge is -2.10. The summed E-state index contributed by atoms with van der Waals surface area (Å²) < 4.78 is 43.9. The maximum atomic E-state index is 12.8. The molecule has 7 heteroatoms. The van der Waals surface area contributed by atoms with Gasteiger partial charge >= 0.3 is 6.18 Å². The molecule has 0 bridgehead atoms. The molecule has 0 amide bonds. The highest BCUT2D eigenvalue weighted by molar-refractivity contribution is 7.99. The van der Waals surface area contributed by atoms with Crippen molar-refractivity contribution in [3.05, 3.63) is 90.5 Å². The number of thioether (sulfide) groups is 1. The van der Waals surface area contributed by atoms with Crippen LogP contribution in [0.25, 0.3) is 22.5 Å². The second-order valence-corrected chi connectivity index (χ2v) is 8.86. The number of hydrogen-bond acceptors (Lipinski definition) is 3. The van der Waals surface area contributed by atoms with Crippen LogP contribution in [0.3, 0.4) is 0 Å². The Hall–Kier alpha value is -3.19. The molecular formula is C27H25F3N2OS. The number of nitrogens with one attached hydrogen (secondary N) is 1. The summed E-state index contributed by atoms with van der Waals surface area (Å²) >= 11 is 1.67. The summed E-state index contributed by atoms with van der Waals surface area (Å²) in [5, 5.41) is 0.873. The van der Waals surface area contributed by atoms with Crippen LogP contribution in [-0.2, 0) is 6.18 Å². The van der Waals surface area contributed by atoms with E-state index in [1.54, 1.807) is 17.8 Å². The van der Waals surface area contributed by atoms with Gasteiger partial charge in [0.1, 0.15) is 5.75 Å². The molecule has 1 aromatic heterocycles. The molecule has 0 fully saturated rings. The minimum absolute atomic E-state index is 0.252. The normalized spacial score (nSPS) is 11.5. The number of unbranched alkanes of at least 4 members (excludes halogenated alkanes) is 2. The molecule has 0 spiro atoms. The molecular weight excluding hydrogens is 457 g/mol. The maximum absolute atomic E-state index is 12.8. The Morgan fingerprint density at radius 3 is 2.21 bits per heavy atom. The van der Waals surface area contributed by atoms with Crippen LogP contribution in [0.15, 0.2) is 90.1 Å². The van der Waals surface area contributed by atoms with Gasteiger partial charge in [-0.25, -0.2) is 4.98 Å². The molecule has 0 atom stereocenters. The molecule has 4 rings (SSSR count). The first kappa shape index (κ1) is 24.0. The van der Waals surface area contributed by atoms with Crippen LogP contribution in [0, 0.1) is 0 Å². The molecule has 0 aliphatic carbocycles. The summed E-state index contributed by atoms with van der Waals surface area (Å²) in [7, 11) is 0. The number of hydrogen-bond donors (Lipinski definition) is 1. The molecule has 0 unspecified atom stereocenters. The number of H-pyrrole nitrogens is 1. The number of rotatable bonds is 10. The first-order valence-electron chi connectivity index (χ1n) is 11.1. The smallest absolute Gasteiger partial charge is 0.416 e. The molecule has 34 heavy (non-hydrogen) atoms. The fourth-order valence-electron chi connectivity index (χ4n) is 3.54. The van der Waals surface area contributed by atoms with Crippen molar-refractivity contribution in [2.24, 2.45) is 0 Å². The van der Waals surface area contributed by atoms with E-state index in [0.29, 0.717) is 6.61 Å². The Bertz CT molecular complexity index is 1120. The molecule has 4 aromatic rings. The third kappa shape index (κ3) is 6.44. The summed E-state index contributed by atoms with van der Waals surface area (Å²) in [6, 6.07) is 25.3. The SMILES string of the molecule is FC(F)(F)c1cccc(OCCCCCSc2nc(-c3ccccc3)c(-c3ccccc3)[nH]2)c1. The van der Waals surface area contributed by atoms with Gasteiger partial charge in [-0.2, -0.15) is 13.2 Å². The lowest BCUT2D eigenvalue weighted by atomic mass is 10.1. The minimum atomic E-state index is -4.36. The highest BCUT2D eigenvalue weighted by atomic mass is 32.2. The highest BCUT2D eigenvalue weighted by Crippen LogP contribution is 2.33. The second-order valence-electron chi connectivity index (χ2n) is 7.78. The van der Waals surface area contributed by atoms with Crippen molar-refractivity contribution in [1.82, 2.24) is 9.97 Å². The van der Waals surface area contributed by atoms with E-state index < -0.39 is 11.7 Å². The fourth-order valence-corrected chi connectivity index (χ4v) is 4.41. The summed E-state index contributed by atoms with van der Waals surface area (Å²) in [5.41, 5.74) is 3.40. The summed E-state index contributed by atoms with van der Waals surface area (Å²) in [6.45, 7) is 0.392. The Morgan fingerprint density at radius 2 is 1.50 bits per heavy atom. The van der Waals surface area contributed by atoms with Crippen LogP contribution in [0.2, 0.25) is 0 Å². The van der Waals surface area contributed by atoms with E-state index in [4.69, 9.17) is 9.72 Å². The molecule has 0 radical (unpaired) electrons. The lowest BCUT2D eigenvalue weighted by Crippen LogP contribution is -2.05. The van der Waals surface area contributed by atoms with Crippen molar-refractivity contribution in [2.75, 3.05) is 12.4 Å². The van der Waals surface area contributed by atoms with Crippen LogP contribution >= 0.6 is 11.8 Å². The second kappa shape index (κ2) is 11.3. The molecule has 176 valence electrons. The van der Waals surface area contributed by atoms with E-state index in [1.807, 2.05) is 36.4 Å². The molecule has 3 aromatic carbocycles.